The van der Waals surface area contributed by atoms with Gasteiger partial charge in [0.05, 0.1) is 5.69 Å². The van der Waals surface area contributed by atoms with E-state index in [1.54, 1.807) is 12.1 Å². The van der Waals surface area contributed by atoms with Crippen LogP contribution >= 0.6 is 11.6 Å². The standard InChI is InChI=1S/C16H10ClFN2O3/c17-13-14(19-10-2-1-3-12(21)8-10)16(23)20(15(13)22)11-6-4-9(18)5-7-11/h1-8,19,21H. The zero-order valence-electron chi connectivity index (χ0n) is 11.6. The van der Waals surface area contributed by atoms with E-state index in [0.29, 0.717) is 5.69 Å². The summed E-state index contributed by atoms with van der Waals surface area (Å²) in [5.41, 5.74) is 0.513. The number of benzene rings is 2. The summed E-state index contributed by atoms with van der Waals surface area (Å²) in [6.07, 6.45) is 0. The molecular formula is C16H10ClFN2O3. The molecule has 23 heavy (non-hydrogen) atoms. The molecule has 1 aliphatic heterocycles. The van der Waals surface area contributed by atoms with Crippen LogP contribution in [0.1, 0.15) is 0 Å². The molecule has 0 unspecified atom stereocenters. The third-order valence-electron chi connectivity index (χ3n) is 3.23. The quantitative estimate of drug-likeness (QED) is 0.848. The van der Waals surface area contributed by atoms with E-state index in [1.165, 1.54) is 24.3 Å². The molecular weight excluding hydrogens is 323 g/mol. The first-order valence-electron chi connectivity index (χ1n) is 6.57. The number of carbonyl (C=O) groups is 2. The number of phenolic OH excluding ortho intramolecular Hbond substituents is 1. The topological polar surface area (TPSA) is 69.6 Å². The number of nitrogens with one attached hydrogen (secondary N) is 1. The Labute approximate surface area is 135 Å². The lowest BCUT2D eigenvalue weighted by molar-refractivity contribution is -0.120. The Kier molecular flexibility index (Phi) is 3.75. The Morgan fingerprint density at radius 3 is 2.39 bits per heavy atom. The van der Waals surface area contributed by atoms with E-state index in [2.05, 4.69) is 5.32 Å². The van der Waals surface area contributed by atoms with Crippen LogP contribution < -0.4 is 10.2 Å². The van der Waals surface area contributed by atoms with Gasteiger partial charge >= 0.3 is 0 Å². The highest BCUT2D eigenvalue weighted by Crippen LogP contribution is 2.30. The van der Waals surface area contributed by atoms with Gasteiger partial charge in [0.15, 0.2) is 0 Å². The molecule has 1 aliphatic rings. The van der Waals surface area contributed by atoms with E-state index in [1.807, 2.05) is 0 Å². The highest BCUT2D eigenvalue weighted by molar-refractivity contribution is 6.53. The molecule has 2 aromatic rings. The SMILES string of the molecule is O=C1C(Cl)=C(Nc2cccc(O)c2)C(=O)N1c1ccc(F)cc1. The zero-order chi connectivity index (χ0) is 16.6. The van der Waals surface area contributed by atoms with Crippen LogP contribution in [0, 0.1) is 5.82 Å². The Bertz CT molecular complexity index is 833. The van der Waals surface area contributed by atoms with Gasteiger partial charge in [-0.3, -0.25) is 9.59 Å². The summed E-state index contributed by atoms with van der Waals surface area (Å²) in [6, 6.07) is 10.9. The molecule has 0 aliphatic carbocycles. The molecule has 3 rings (SSSR count). The van der Waals surface area contributed by atoms with Gasteiger partial charge in [0.1, 0.15) is 22.3 Å². The number of amides is 2. The molecule has 0 spiro atoms. The van der Waals surface area contributed by atoms with Crippen LogP contribution in [0.5, 0.6) is 5.75 Å². The molecule has 2 aromatic carbocycles. The van der Waals surface area contributed by atoms with Crippen LogP contribution in [0.3, 0.4) is 0 Å². The summed E-state index contributed by atoms with van der Waals surface area (Å²) in [6.45, 7) is 0. The van der Waals surface area contributed by atoms with Gasteiger partial charge in [-0.05, 0) is 36.4 Å². The maximum atomic E-state index is 13.0. The minimum atomic E-state index is -0.703. The van der Waals surface area contributed by atoms with Gasteiger partial charge in [-0.25, -0.2) is 9.29 Å². The number of phenols is 1. The van der Waals surface area contributed by atoms with E-state index in [0.717, 1.165) is 17.0 Å². The van der Waals surface area contributed by atoms with Gasteiger partial charge in [-0.15, -0.1) is 0 Å². The summed E-state index contributed by atoms with van der Waals surface area (Å²) in [5.74, 6) is -1.84. The van der Waals surface area contributed by atoms with Crippen LogP contribution in [0.2, 0.25) is 0 Å². The number of anilines is 2. The molecule has 5 nitrogen and oxygen atoms in total. The molecule has 2 amide bonds. The predicted octanol–water partition coefficient (Wildman–Crippen LogP) is 2.97. The molecule has 0 saturated carbocycles. The number of hydrogen-bond donors (Lipinski definition) is 2. The Morgan fingerprint density at radius 2 is 1.74 bits per heavy atom. The summed E-state index contributed by atoms with van der Waals surface area (Å²) >= 11 is 5.96. The van der Waals surface area contributed by atoms with Crippen molar-refractivity contribution in [1.82, 2.24) is 0 Å². The Balaban J connectivity index is 1.91. The summed E-state index contributed by atoms with van der Waals surface area (Å²) in [7, 11) is 0. The van der Waals surface area contributed by atoms with Crippen LogP contribution in [0.4, 0.5) is 15.8 Å². The van der Waals surface area contributed by atoms with Crippen molar-refractivity contribution < 1.29 is 19.1 Å². The van der Waals surface area contributed by atoms with Crippen molar-refractivity contribution in [3.8, 4) is 5.75 Å². The fourth-order valence-electron chi connectivity index (χ4n) is 2.16. The maximum absolute atomic E-state index is 13.0. The molecule has 2 N–H and O–H groups in total. The van der Waals surface area contributed by atoms with E-state index in [-0.39, 0.29) is 22.2 Å². The average Bonchev–Trinajstić information content (AvgIpc) is 2.73. The second kappa shape index (κ2) is 5.73. The molecule has 0 saturated heterocycles. The first kappa shape index (κ1) is 15.1. The lowest BCUT2D eigenvalue weighted by Gasteiger charge is -2.15. The van der Waals surface area contributed by atoms with Gasteiger partial charge in [0.25, 0.3) is 11.8 Å². The maximum Gasteiger partial charge on any atom is 0.283 e. The van der Waals surface area contributed by atoms with Gasteiger partial charge in [-0.2, -0.15) is 0 Å². The van der Waals surface area contributed by atoms with Crippen molar-refractivity contribution in [3.63, 3.8) is 0 Å². The summed E-state index contributed by atoms with van der Waals surface area (Å²) in [5, 5.41) is 11.9. The zero-order valence-corrected chi connectivity index (χ0v) is 12.3. The van der Waals surface area contributed by atoms with Crippen molar-refractivity contribution in [1.29, 1.82) is 0 Å². The number of carbonyl (C=O) groups excluding carboxylic acids is 2. The highest BCUT2D eigenvalue weighted by Gasteiger charge is 2.38. The molecule has 7 heteroatoms. The number of aromatic hydroxyl groups is 1. The first-order valence-corrected chi connectivity index (χ1v) is 6.95. The normalized spacial score (nSPS) is 14.6. The van der Waals surface area contributed by atoms with Crippen molar-refractivity contribution in [3.05, 3.63) is 65.1 Å². The molecule has 0 radical (unpaired) electrons. The lowest BCUT2D eigenvalue weighted by atomic mass is 10.2. The Hall–Kier alpha value is -2.86. The molecule has 1 heterocycles. The second-order valence-electron chi connectivity index (χ2n) is 4.79. The number of hydrogen-bond acceptors (Lipinski definition) is 4. The second-order valence-corrected chi connectivity index (χ2v) is 5.16. The van der Waals surface area contributed by atoms with Crippen LogP contribution in [-0.4, -0.2) is 16.9 Å². The van der Waals surface area contributed by atoms with E-state index in [9.17, 15) is 19.1 Å². The third-order valence-corrected chi connectivity index (χ3v) is 3.58. The van der Waals surface area contributed by atoms with Crippen molar-refractivity contribution in [2.75, 3.05) is 10.2 Å². The van der Waals surface area contributed by atoms with E-state index < -0.39 is 17.6 Å². The highest BCUT2D eigenvalue weighted by atomic mass is 35.5. The predicted molar refractivity (Wildman–Crippen MR) is 83.5 cm³/mol. The number of nitrogens with zero attached hydrogens (tertiary/aromatic N) is 1. The summed E-state index contributed by atoms with van der Waals surface area (Å²) in [4.78, 5) is 25.5. The van der Waals surface area contributed by atoms with Crippen molar-refractivity contribution in [2.24, 2.45) is 0 Å². The van der Waals surface area contributed by atoms with Gasteiger partial charge in [-0.1, -0.05) is 17.7 Å². The van der Waals surface area contributed by atoms with Crippen LogP contribution in [0.25, 0.3) is 0 Å². The smallest absolute Gasteiger partial charge is 0.283 e. The fraction of sp³-hybridized carbons (Fsp3) is 0. The monoisotopic (exact) mass is 332 g/mol. The number of imide groups is 1. The summed E-state index contributed by atoms with van der Waals surface area (Å²) < 4.78 is 13.0. The van der Waals surface area contributed by atoms with Crippen LogP contribution in [-0.2, 0) is 9.59 Å². The van der Waals surface area contributed by atoms with Crippen molar-refractivity contribution >= 4 is 34.8 Å². The molecule has 0 aromatic heterocycles. The van der Waals surface area contributed by atoms with Gasteiger partial charge < -0.3 is 10.4 Å². The lowest BCUT2D eigenvalue weighted by Crippen LogP contribution is -2.32. The number of rotatable bonds is 3. The average molecular weight is 333 g/mol. The van der Waals surface area contributed by atoms with E-state index >= 15 is 0 Å². The molecule has 0 atom stereocenters. The number of halogens is 2. The van der Waals surface area contributed by atoms with E-state index in [4.69, 9.17) is 11.6 Å². The molecule has 0 fully saturated rings. The fourth-order valence-corrected chi connectivity index (χ4v) is 2.38. The Morgan fingerprint density at radius 1 is 1.04 bits per heavy atom. The molecule has 116 valence electrons. The van der Waals surface area contributed by atoms with Gasteiger partial charge in [0.2, 0.25) is 0 Å². The van der Waals surface area contributed by atoms with Crippen LogP contribution in [0.15, 0.2) is 59.3 Å². The molecule has 0 bridgehead atoms. The van der Waals surface area contributed by atoms with Crippen molar-refractivity contribution in [2.45, 2.75) is 0 Å². The minimum Gasteiger partial charge on any atom is -0.508 e. The third kappa shape index (κ3) is 2.76. The minimum absolute atomic E-state index is 0.00103. The first-order chi connectivity index (χ1) is 11.0. The van der Waals surface area contributed by atoms with Gasteiger partial charge in [0, 0.05) is 11.8 Å². The largest absolute Gasteiger partial charge is 0.508 e.